The monoisotopic (exact) mass is 412 g/mol. The van der Waals surface area contributed by atoms with Gasteiger partial charge in [0.05, 0.1) is 38.4 Å². The molecule has 1 unspecified atom stereocenters. The summed E-state index contributed by atoms with van der Waals surface area (Å²) >= 11 is 5.84. The molecule has 8 nitrogen and oxygen atoms in total. The molecule has 0 bridgehead atoms. The van der Waals surface area contributed by atoms with Crippen molar-refractivity contribution >= 4 is 28.3 Å². The molecular formula is C18H22ClFN4O4. The minimum Gasteiger partial charge on any atom is -0.463 e. The summed E-state index contributed by atoms with van der Waals surface area (Å²) in [6.07, 6.45) is 3.14. The number of aliphatic hydroxyl groups is 2. The number of aromatic nitrogens is 3. The van der Waals surface area contributed by atoms with Gasteiger partial charge in [-0.3, -0.25) is 0 Å². The van der Waals surface area contributed by atoms with E-state index in [1.807, 2.05) is 0 Å². The Morgan fingerprint density at radius 3 is 2.89 bits per heavy atom. The predicted octanol–water partition coefficient (Wildman–Crippen LogP) is 1.56. The van der Waals surface area contributed by atoms with Gasteiger partial charge in [0.1, 0.15) is 16.9 Å². The molecule has 1 aliphatic heterocycles. The lowest BCUT2D eigenvalue weighted by Gasteiger charge is -2.29. The van der Waals surface area contributed by atoms with Crippen LogP contribution < -0.4 is 9.64 Å². The van der Waals surface area contributed by atoms with Gasteiger partial charge in [0, 0.05) is 18.2 Å². The van der Waals surface area contributed by atoms with Crippen LogP contribution in [0.2, 0.25) is 5.15 Å². The lowest BCUT2D eigenvalue weighted by atomic mass is 10.1. The molecule has 2 N–H and O–H groups in total. The molecule has 0 spiro atoms. The molecular weight excluding hydrogens is 391 g/mol. The first-order valence-corrected chi connectivity index (χ1v) is 9.51. The number of halogens is 2. The zero-order chi connectivity index (χ0) is 19.9. The van der Waals surface area contributed by atoms with Gasteiger partial charge in [-0.1, -0.05) is 11.6 Å². The number of pyridine rings is 1. The van der Waals surface area contributed by atoms with Gasteiger partial charge < -0.3 is 24.6 Å². The van der Waals surface area contributed by atoms with Crippen molar-refractivity contribution in [3.63, 3.8) is 0 Å². The maximum atomic E-state index is 14.6. The summed E-state index contributed by atoms with van der Waals surface area (Å²) in [5.41, 5.74) is -1.37. The molecule has 4 rings (SSSR count). The van der Waals surface area contributed by atoms with Crippen LogP contribution in [0, 0.1) is 11.2 Å². The molecule has 0 radical (unpaired) electrons. The molecule has 2 aromatic rings. The average Bonchev–Trinajstić information content (AvgIpc) is 3.47. The van der Waals surface area contributed by atoms with Gasteiger partial charge in [0.25, 0.3) is 0 Å². The summed E-state index contributed by atoms with van der Waals surface area (Å²) in [7, 11) is 0. The van der Waals surface area contributed by atoms with Gasteiger partial charge in [-0.2, -0.15) is 9.97 Å². The molecule has 152 valence electrons. The second-order valence-electron chi connectivity index (χ2n) is 7.87. The first-order valence-electron chi connectivity index (χ1n) is 9.13. The molecule has 1 atom stereocenters. The first-order chi connectivity index (χ1) is 13.3. The highest BCUT2D eigenvalue weighted by Crippen LogP contribution is 2.45. The van der Waals surface area contributed by atoms with E-state index >= 15 is 0 Å². The largest absolute Gasteiger partial charge is 0.463 e. The van der Waals surface area contributed by atoms with Crippen LogP contribution in [0.25, 0.3) is 10.9 Å². The molecule has 0 amide bonds. The summed E-state index contributed by atoms with van der Waals surface area (Å²) in [6.45, 7) is 3.19. The zero-order valence-corrected chi connectivity index (χ0v) is 16.2. The molecule has 1 saturated heterocycles. The molecule has 3 heterocycles. The topological polar surface area (TPSA) is 101 Å². The third-order valence-corrected chi connectivity index (χ3v) is 5.41. The van der Waals surface area contributed by atoms with Gasteiger partial charge in [0.15, 0.2) is 11.0 Å². The van der Waals surface area contributed by atoms with Crippen molar-refractivity contribution in [2.45, 2.75) is 25.4 Å². The Balaban J connectivity index is 1.75. The standard InChI is InChI=1S/C18H22ClFN4O4/c1-17(26)7-24(4-5-27-9-17)15-11-6-21-14(19)12(20)13(11)22-16(23-15)28-10-18(8-25)2-3-18/h6,25-26H,2-5,7-10H2,1H3. The zero-order valence-electron chi connectivity index (χ0n) is 15.5. The fraction of sp³-hybridized carbons (Fsp3) is 0.611. The maximum Gasteiger partial charge on any atom is 0.319 e. The Hall–Kier alpha value is -1.81. The van der Waals surface area contributed by atoms with Crippen molar-refractivity contribution in [2.75, 3.05) is 44.4 Å². The first kappa shape index (κ1) is 19.5. The van der Waals surface area contributed by atoms with Crippen LogP contribution in [0.1, 0.15) is 19.8 Å². The maximum absolute atomic E-state index is 14.6. The number of ether oxygens (including phenoxy) is 2. The van der Waals surface area contributed by atoms with Crippen LogP contribution in [0.5, 0.6) is 6.01 Å². The lowest BCUT2D eigenvalue weighted by Crippen LogP contribution is -2.42. The number of β-amino-alcohol motifs (C(OH)–C–C–N with tert-alkyl or cyclic N) is 1. The van der Waals surface area contributed by atoms with E-state index in [1.54, 1.807) is 11.8 Å². The molecule has 1 aliphatic carbocycles. The number of aliphatic hydroxyl groups excluding tert-OH is 1. The summed E-state index contributed by atoms with van der Waals surface area (Å²) in [6, 6.07) is -0.00630. The Kier molecular flexibility index (Phi) is 5.03. The highest BCUT2D eigenvalue weighted by atomic mass is 35.5. The molecule has 1 saturated carbocycles. The van der Waals surface area contributed by atoms with Crippen LogP contribution in [0.4, 0.5) is 10.2 Å². The Bertz CT molecular complexity index is 894. The summed E-state index contributed by atoms with van der Waals surface area (Å²) < 4.78 is 25.8. The van der Waals surface area contributed by atoms with Gasteiger partial charge >= 0.3 is 6.01 Å². The highest BCUT2D eigenvalue weighted by Gasteiger charge is 2.43. The SMILES string of the molecule is CC1(O)COCCN(c2nc(OCC3(CO)CC3)nc3c(F)c(Cl)ncc23)C1. The number of fused-ring (bicyclic) bond motifs is 1. The van der Waals surface area contributed by atoms with Crippen molar-refractivity contribution < 1.29 is 24.1 Å². The third-order valence-electron chi connectivity index (χ3n) is 5.15. The fourth-order valence-corrected chi connectivity index (χ4v) is 3.37. The quantitative estimate of drug-likeness (QED) is 0.713. The second-order valence-corrected chi connectivity index (χ2v) is 8.23. The Morgan fingerprint density at radius 2 is 2.18 bits per heavy atom. The predicted molar refractivity (Wildman–Crippen MR) is 100 cm³/mol. The van der Waals surface area contributed by atoms with Crippen LogP contribution >= 0.6 is 11.6 Å². The van der Waals surface area contributed by atoms with E-state index in [2.05, 4.69) is 15.0 Å². The van der Waals surface area contributed by atoms with Gasteiger partial charge in [-0.05, 0) is 19.8 Å². The normalized spacial score (nSPS) is 24.2. The van der Waals surface area contributed by atoms with Crippen LogP contribution in [0.3, 0.4) is 0 Å². The van der Waals surface area contributed by atoms with E-state index in [0.29, 0.717) is 24.4 Å². The van der Waals surface area contributed by atoms with Crippen molar-refractivity contribution in [2.24, 2.45) is 5.41 Å². The third kappa shape index (κ3) is 3.84. The van der Waals surface area contributed by atoms with E-state index in [-0.39, 0.29) is 48.5 Å². The molecule has 28 heavy (non-hydrogen) atoms. The fourth-order valence-electron chi connectivity index (χ4n) is 3.23. The van der Waals surface area contributed by atoms with E-state index in [0.717, 1.165) is 12.8 Å². The van der Waals surface area contributed by atoms with Crippen molar-refractivity contribution in [1.29, 1.82) is 0 Å². The molecule has 2 aromatic heterocycles. The molecule has 0 aromatic carbocycles. The van der Waals surface area contributed by atoms with Crippen molar-refractivity contribution in [3.05, 3.63) is 17.2 Å². The summed E-state index contributed by atoms with van der Waals surface area (Å²) in [5, 5.41) is 20.1. The average molecular weight is 413 g/mol. The summed E-state index contributed by atoms with van der Waals surface area (Å²) in [5.74, 6) is -0.364. The second kappa shape index (κ2) is 7.22. The molecule has 2 fully saturated rings. The van der Waals surface area contributed by atoms with Crippen LogP contribution in [-0.4, -0.2) is 70.3 Å². The van der Waals surface area contributed by atoms with E-state index in [9.17, 15) is 14.6 Å². The minimum atomic E-state index is -1.10. The molecule has 2 aliphatic rings. The number of hydrogen-bond acceptors (Lipinski definition) is 8. The molecule has 10 heteroatoms. The lowest BCUT2D eigenvalue weighted by molar-refractivity contribution is -0.0123. The van der Waals surface area contributed by atoms with Crippen molar-refractivity contribution in [3.8, 4) is 6.01 Å². The number of rotatable bonds is 5. The van der Waals surface area contributed by atoms with Gasteiger partial charge in [-0.15, -0.1) is 0 Å². The Labute approximate surface area is 166 Å². The smallest absolute Gasteiger partial charge is 0.319 e. The van der Waals surface area contributed by atoms with Gasteiger partial charge in [0.2, 0.25) is 0 Å². The number of anilines is 1. The Morgan fingerprint density at radius 1 is 1.39 bits per heavy atom. The van der Waals surface area contributed by atoms with Crippen LogP contribution in [-0.2, 0) is 4.74 Å². The minimum absolute atomic E-state index is 0.00125. The summed E-state index contributed by atoms with van der Waals surface area (Å²) in [4.78, 5) is 14.3. The van der Waals surface area contributed by atoms with Gasteiger partial charge in [-0.25, -0.2) is 9.37 Å². The number of hydrogen-bond donors (Lipinski definition) is 2. The van der Waals surface area contributed by atoms with E-state index in [4.69, 9.17) is 21.1 Å². The number of nitrogens with zero attached hydrogens (tertiary/aromatic N) is 4. The van der Waals surface area contributed by atoms with E-state index in [1.165, 1.54) is 6.20 Å². The van der Waals surface area contributed by atoms with Crippen LogP contribution in [0.15, 0.2) is 6.20 Å². The van der Waals surface area contributed by atoms with Crippen molar-refractivity contribution in [1.82, 2.24) is 15.0 Å². The highest BCUT2D eigenvalue weighted by molar-refractivity contribution is 6.30. The van der Waals surface area contributed by atoms with E-state index < -0.39 is 11.4 Å².